The Morgan fingerprint density at radius 1 is 1.00 bits per heavy atom. The van der Waals surface area contributed by atoms with Crippen LogP contribution in [0.3, 0.4) is 0 Å². The van der Waals surface area contributed by atoms with E-state index < -0.39 is 0 Å². The molecule has 1 heteroatoms. The third-order valence-corrected chi connectivity index (χ3v) is 3.65. The zero-order chi connectivity index (χ0) is 7.14. The summed E-state index contributed by atoms with van der Waals surface area (Å²) in [7, 11) is 0. The third kappa shape index (κ3) is 1.09. The van der Waals surface area contributed by atoms with Crippen molar-refractivity contribution < 1.29 is 0 Å². The molecule has 0 aliphatic heterocycles. The molecule has 58 valence electrons. The molecule has 2 aliphatic rings. The number of thiol groups is 1. The van der Waals surface area contributed by atoms with E-state index in [1.54, 1.807) is 0 Å². The minimum Gasteiger partial charge on any atom is -0.176 e. The monoisotopic (exact) mass is 156 g/mol. The molecule has 2 rings (SSSR count). The smallest absolute Gasteiger partial charge is 0.00222 e. The van der Waals surface area contributed by atoms with Gasteiger partial charge >= 0.3 is 0 Å². The highest BCUT2D eigenvalue weighted by Gasteiger charge is 2.38. The summed E-state index contributed by atoms with van der Waals surface area (Å²) in [5.74, 6) is 3.12. The van der Waals surface area contributed by atoms with Crippen LogP contribution >= 0.6 is 12.6 Å². The van der Waals surface area contributed by atoms with Crippen LogP contribution in [-0.4, -0.2) is 5.25 Å². The second-order valence-electron chi connectivity index (χ2n) is 4.22. The normalized spacial score (nSPS) is 53.4. The topological polar surface area (TPSA) is 0 Å². The molecule has 0 bridgehead atoms. The zero-order valence-electron chi connectivity index (χ0n) is 6.59. The van der Waals surface area contributed by atoms with Crippen molar-refractivity contribution in [2.24, 2.45) is 17.8 Å². The van der Waals surface area contributed by atoms with Crippen LogP contribution in [0.1, 0.15) is 32.6 Å². The van der Waals surface area contributed by atoms with Crippen molar-refractivity contribution in [1.29, 1.82) is 0 Å². The summed E-state index contributed by atoms with van der Waals surface area (Å²) in [6, 6.07) is 0. The fourth-order valence-electron chi connectivity index (χ4n) is 2.89. The third-order valence-electron chi connectivity index (χ3n) is 3.23. The number of fused-ring (bicyclic) bond motifs is 1. The molecule has 2 fully saturated rings. The minimum absolute atomic E-state index is 0.738. The Morgan fingerprint density at radius 3 is 2.00 bits per heavy atom. The molecule has 2 saturated carbocycles. The molecule has 2 atom stereocenters. The van der Waals surface area contributed by atoms with Gasteiger partial charge in [-0.2, -0.15) is 12.6 Å². The molecule has 0 spiro atoms. The Morgan fingerprint density at radius 2 is 1.50 bits per heavy atom. The van der Waals surface area contributed by atoms with Gasteiger partial charge in [0.15, 0.2) is 0 Å². The Labute approximate surface area is 68.8 Å². The predicted molar refractivity (Wildman–Crippen MR) is 47.4 cm³/mol. The van der Waals surface area contributed by atoms with Crippen molar-refractivity contribution in [1.82, 2.24) is 0 Å². The summed E-state index contributed by atoms with van der Waals surface area (Å²) in [6.45, 7) is 2.39. The Kier molecular flexibility index (Phi) is 1.71. The second-order valence-corrected chi connectivity index (χ2v) is 4.95. The average molecular weight is 156 g/mol. The van der Waals surface area contributed by atoms with Gasteiger partial charge < -0.3 is 0 Å². The van der Waals surface area contributed by atoms with Crippen LogP contribution in [0.25, 0.3) is 0 Å². The molecule has 2 unspecified atom stereocenters. The van der Waals surface area contributed by atoms with Crippen molar-refractivity contribution in [2.75, 3.05) is 0 Å². The SMILES string of the molecule is CC1CC2CC(S)CC2C1. The van der Waals surface area contributed by atoms with E-state index in [1.165, 1.54) is 25.7 Å². The van der Waals surface area contributed by atoms with Crippen LogP contribution in [0.5, 0.6) is 0 Å². The van der Waals surface area contributed by atoms with E-state index in [2.05, 4.69) is 19.6 Å². The van der Waals surface area contributed by atoms with Crippen LogP contribution in [0.4, 0.5) is 0 Å². The Hall–Kier alpha value is 0.350. The molecular weight excluding hydrogens is 140 g/mol. The average Bonchev–Trinajstić information content (AvgIpc) is 2.21. The summed E-state index contributed by atoms with van der Waals surface area (Å²) in [5.41, 5.74) is 0. The second kappa shape index (κ2) is 2.44. The van der Waals surface area contributed by atoms with E-state index in [4.69, 9.17) is 0 Å². The number of hydrogen-bond acceptors (Lipinski definition) is 1. The van der Waals surface area contributed by atoms with Crippen LogP contribution in [0, 0.1) is 17.8 Å². The highest BCUT2D eigenvalue weighted by Crippen LogP contribution is 2.47. The lowest BCUT2D eigenvalue weighted by Crippen LogP contribution is -1.95. The highest BCUT2D eigenvalue weighted by molar-refractivity contribution is 7.80. The number of rotatable bonds is 0. The van der Waals surface area contributed by atoms with Gasteiger partial charge in [0.1, 0.15) is 0 Å². The predicted octanol–water partition coefficient (Wildman–Crippen LogP) is 2.74. The van der Waals surface area contributed by atoms with Crippen molar-refractivity contribution in [3.63, 3.8) is 0 Å². The van der Waals surface area contributed by atoms with Gasteiger partial charge in [0.25, 0.3) is 0 Å². The molecule has 0 radical (unpaired) electrons. The molecular formula is C9H16S. The minimum atomic E-state index is 0.738. The summed E-state index contributed by atoms with van der Waals surface area (Å²) < 4.78 is 0. The van der Waals surface area contributed by atoms with E-state index in [9.17, 15) is 0 Å². The van der Waals surface area contributed by atoms with Crippen molar-refractivity contribution in [3.05, 3.63) is 0 Å². The van der Waals surface area contributed by atoms with E-state index >= 15 is 0 Å². The molecule has 0 aromatic carbocycles. The fraction of sp³-hybridized carbons (Fsp3) is 1.00. The molecule has 0 amide bonds. The van der Waals surface area contributed by atoms with Gasteiger partial charge in [0.2, 0.25) is 0 Å². The van der Waals surface area contributed by atoms with Gasteiger partial charge in [-0.25, -0.2) is 0 Å². The van der Waals surface area contributed by atoms with Gasteiger partial charge in [0, 0.05) is 5.25 Å². The van der Waals surface area contributed by atoms with E-state index in [1.807, 2.05) is 0 Å². The first-order chi connectivity index (χ1) is 4.75. The summed E-state index contributed by atoms with van der Waals surface area (Å²) in [6.07, 6.45) is 5.78. The maximum atomic E-state index is 4.53. The molecule has 0 heterocycles. The summed E-state index contributed by atoms with van der Waals surface area (Å²) >= 11 is 4.53. The highest BCUT2D eigenvalue weighted by atomic mass is 32.1. The van der Waals surface area contributed by atoms with Crippen LogP contribution in [0.15, 0.2) is 0 Å². The van der Waals surface area contributed by atoms with Crippen molar-refractivity contribution in [3.8, 4) is 0 Å². The van der Waals surface area contributed by atoms with Crippen LogP contribution < -0.4 is 0 Å². The molecule has 0 aromatic heterocycles. The van der Waals surface area contributed by atoms with Gasteiger partial charge in [0.05, 0.1) is 0 Å². The lowest BCUT2D eigenvalue weighted by atomic mass is 10.0. The van der Waals surface area contributed by atoms with E-state index in [0.29, 0.717) is 0 Å². The molecule has 10 heavy (non-hydrogen) atoms. The maximum absolute atomic E-state index is 4.53. The number of hydrogen-bond donors (Lipinski definition) is 1. The molecule has 0 N–H and O–H groups in total. The van der Waals surface area contributed by atoms with E-state index in [0.717, 1.165) is 23.0 Å². The van der Waals surface area contributed by atoms with Gasteiger partial charge in [-0.05, 0) is 43.4 Å². The first-order valence-electron chi connectivity index (χ1n) is 4.43. The lowest BCUT2D eigenvalue weighted by molar-refractivity contribution is 0.457. The van der Waals surface area contributed by atoms with Crippen molar-refractivity contribution in [2.45, 2.75) is 37.9 Å². The quantitative estimate of drug-likeness (QED) is 0.512. The molecule has 0 saturated heterocycles. The molecule has 2 aliphatic carbocycles. The van der Waals surface area contributed by atoms with Gasteiger partial charge in [-0.1, -0.05) is 6.92 Å². The fourth-order valence-corrected chi connectivity index (χ4v) is 3.43. The standard InChI is InChI=1S/C9H16S/c1-6-2-7-4-9(10)5-8(7)3-6/h6-10H,2-5H2,1H3. The summed E-state index contributed by atoms with van der Waals surface area (Å²) in [5, 5.41) is 0.738. The van der Waals surface area contributed by atoms with E-state index in [-0.39, 0.29) is 0 Å². The lowest BCUT2D eigenvalue weighted by Gasteiger charge is -2.04. The Bertz CT molecular complexity index is 105. The van der Waals surface area contributed by atoms with Gasteiger partial charge in [-0.3, -0.25) is 0 Å². The molecule has 0 nitrogen and oxygen atoms in total. The van der Waals surface area contributed by atoms with Crippen molar-refractivity contribution >= 4 is 12.6 Å². The first-order valence-corrected chi connectivity index (χ1v) is 4.95. The molecule has 0 aromatic rings. The van der Waals surface area contributed by atoms with Crippen LogP contribution in [0.2, 0.25) is 0 Å². The zero-order valence-corrected chi connectivity index (χ0v) is 7.48. The Balaban J connectivity index is 2.00. The van der Waals surface area contributed by atoms with Crippen LogP contribution in [-0.2, 0) is 0 Å². The first kappa shape index (κ1) is 7.02. The largest absolute Gasteiger partial charge is 0.176 e. The summed E-state index contributed by atoms with van der Waals surface area (Å²) in [4.78, 5) is 0. The maximum Gasteiger partial charge on any atom is 0.00222 e. The van der Waals surface area contributed by atoms with Gasteiger partial charge in [-0.15, -0.1) is 0 Å².